The number of amides is 1. The second kappa shape index (κ2) is 5.84. The van der Waals surface area contributed by atoms with E-state index in [0.717, 1.165) is 5.69 Å². The average Bonchev–Trinajstić information content (AvgIpc) is 2.81. The van der Waals surface area contributed by atoms with E-state index in [1.807, 2.05) is 13.8 Å². The van der Waals surface area contributed by atoms with Crippen LogP contribution in [0.25, 0.3) is 5.69 Å². The summed E-state index contributed by atoms with van der Waals surface area (Å²) in [6.45, 7) is 3.99. The molecule has 0 spiro atoms. The van der Waals surface area contributed by atoms with Gasteiger partial charge in [0.15, 0.2) is 0 Å². The number of halogens is 1. The second-order valence-electron chi connectivity index (χ2n) is 4.65. The molecule has 0 aliphatic rings. The summed E-state index contributed by atoms with van der Waals surface area (Å²) in [6, 6.07) is 5.25. The Labute approximate surface area is 116 Å². The number of carbonyl (C=O) groups is 1. The smallest absolute Gasteiger partial charge is 0.224 e. The van der Waals surface area contributed by atoms with E-state index >= 15 is 0 Å². The number of nitrogens with one attached hydrogen (secondary N) is 1. The van der Waals surface area contributed by atoms with Gasteiger partial charge >= 0.3 is 0 Å². The molecule has 1 aromatic heterocycles. The van der Waals surface area contributed by atoms with Crippen molar-refractivity contribution in [3.8, 4) is 5.69 Å². The van der Waals surface area contributed by atoms with Crippen LogP contribution in [0.1, 0.15) is 20.3 Å². The first-order valence-electron chi connectivity index (χ1n) is 6.00. The third-order valence-corrected chi connectivity index (χ3v) is 2.73. The molecule has 0 radical (unpaired) electrons. The number of carbonyl (C=O) groups excluding carboxylic acids is 1. The van der Waals surface area contributed by atoms with Crippen molar-refractivity contribution in [2.75, 3.05) is 5.32 Å². The fourth-order valence-corrected chi connectivity index (χ4v) is 1.88. The highest BCUT2D eigenvalue weighted by molar-refractivity contribution is 6.31. The molecule has 2 rings (SSSR count). The molecule has 0 aliphatic carbocycles. The number of benzene rings is 1. The minimum atomic E-state index is -0.0429. The quantitative estimate of drug-likeness (QED) is 0.935. The zero-order valence-electron chi connectivity index (χ0n) is 10.8. The van der Waals surface area contributed by atoms with Crippen molar-refractivity contribution in [1.29, 1.82) is 0 Å². The number of hydrogen-bond acceptors (Lipinski definition) is 3. The maximum atomic E-state index is 11.9. The monoisotopic (exact) mass is 278 g/mol. The lowest BCUT2D eigenvalue weighted by Gasteiger charge is -2.12. The lowest BCUT2D eigenvalue weighted by atomic mass is 10.1. The van der Waals surface area contributed by atoms with E-state index in [4.69, 9.17) is 11.6 Å². The number of hydrogen-bond donors (Lipinski definition) is 1. The number of nitrogens with zero attached hydrogens (tertiary/aromatic N) is 3. The summed E-state index contributed by atoms with van der Waals surface area (Å²) in [6.07, 6.45) is 3.47. The molecule has 5 nitrogen and oxygen atoms in total. The van der Waals surface area contributed by atoms with Crippen LogP contribution in [-0.2, 0) is 4.79 Å². The molecule has 6 heteroatoms. The molecule has 0 bridgehead atoms. The van der Waals surface area contributed by atoms with E-state index < -0.39 is 0 Å². The Morgan fingerprint density at radius 2 is 2.26 bits per heavy atom. The average molecular weight is 279 g/mol. The zero-order chi connectivity index (χ0) is 13.8. The summed E-state index contributed by atoms with van der Waals surface area (Å²) in [7, 11) is 0. The summed E-state index contributed by atoms with van der Waals surface area (Å²) in [5, 5.41) is 7.47. The van der Waals surface area contributed by atoms with E-state index in [2.05, 4.69) is 15.4 Å². The largest absolute Gasteiger partial charge is 0.324 e. The SMILES string of the molecule is CC(C)CC(=O)Nc1cc(Cl)ccc1-n1cncn1. The zero-order valence-corrected chi connectivity index (χ0v) is 11.6. The van der Waals surface area contributed by atoms with Crippen LogP contribution in [-0.4, -0.2) is 20.7 Å². The van der Waals surface area contributed by atoms with Gasteiger partial charge in [-0.15, -0.1) is 0 Å². The van der Waals surface area contributed by atoms with Crippen LogP contribution < -0.4 is 5.32 Å². The summed E-state index contributed by atoms with van der Waals surface area (Å²) in [5.41, 5.74) is 1.36. The Morgan fingerprint density at radius 3 is 2.89 bits per heavy atom. The molecular formula is C13H15ClN4O. The predicted octanol–water partition coefficient (Wildman–Crippen LogP) is 2.91. The molecule has 2 aromatic rings. The van der Waals surface area contributed by atoms with E-state index in [0.29, 0.717) is 23.0 Å². The van der Waals surface area contributed by atoms with Gasteiger partial charge in [0.25, 0.3) is 0 Å². The third kappa shape index (κ3) is 3.54. The van der Waals surface area contributed by atoms with Crippen molar-refractivity contribution < 1.29 is 4.79 Å². The first kappa shape index (κ1) is 13.5. The molecule has 1 heterocycles. The van der Waals surface area contributed by atoms with Gasteiger partial charge in [0.1, 0.15) is 12.7 Å². The van der Waals surface area contributed by atoms with Gasteiger partial charge in [-0.05, 0) is 24.1 Å². The lowest BCUT2D eigenvalue weighted by molar-refractivity contribution is -0.116. The minimum absolute atomic E-state index is 0.0429. The van der Waals surface area contributed by atoms with Gasteiger partial charge in [0.05, 0.1) is 11.4 Å². The Hall–Kier alpha value is -1.88. The summed E-state index contributed by atoms with van der Waals surface area (Å²) in [5.74, 6) is 0.257. The van der Waals surface area contributed by atoms with Crippen LogP contribution in [0, 0.1) is 5.92 Å². The molecule has 1 amide bonds. The van der Waals surface area contributed by atoms with Crippen molar-refractivity contribution in [3.63, 3.8) is 0 Å². The van der Waals surface area contributed by atoms with Crippen molar-refractivity contribution in [2.24, 2.45) is 5.92 Å². The molecule has 0 aliphatic heterocycles. The number of aromatic nitrogens is 3. The minimum Gasteiger partial charge on any atom is -0.324 e. The summed E-state index contributed by atoms with van der Waals surface area (Å²) in [4.78, 5) is 15.8. The Balaban J connectivity index is 2.28. The van der Waals surface area contributed by atoms with Crippen LogP contribution in [0.2, 0.25) is 5.02 Å². The standard InChI is InChI=1S/C13H15ClN4O/c1-9(2)5-13(19)17-11-6-10(14)3-4-12(11)18-8-15-7-16-18/h3-4,6-9H,5H2,1-2H3,(H,17,19). The normalized spacial score (nSPS) is 10.7. The molecule has 1 N–H and O–H groups in total. The van der Waals surface area contributed by atoms with Crippen LogP contribution in [0.4, 0.5) is 5.69 Å². The van der Waals surface area contributed by atoms with E-state index in [1.165, 1.54) is 6.33 Å². The Kier molecular flexibility index (Phi) is 4.16. The molecule has 1 aromatic carbocycles. The summed E-state index contributed by atoms with van der Waals surface area (Å²) < 4.78 is 1.58. The van der Waals surface area contributed by atoms with Crippen LogP contribution in [0.15, 0.2) is 30.9 Å². The Morgan fingerprint density at radius 1 is 1.47 bits per heavy atom. The van der Waals surface area contributed by atoms with Gasteiger partial charge in [-0.1, -0.05) is 25.4 Å². The molecule has 19 heavy (non-hydrogen) atoms. The third-order valence-electron chi connectivity index (χ3n) is 2.49. The van der Waals surface area contributed by atoms with Gasteiger partial charge in [0.2, 0.25) is 5.91 Å². The van der Waals surface area contributed by atoms with Gasteiger partial charge in [0, 0.05) is 11.4 Å². The number of rotatable bonds is 4. The van der Waals surface area contributed by atoms with E-state index in [-0.39, 0.29) is 5.91 Å². The molecule has 0 unspecified atom stereocenters. The van der Waals surface area contributed by atoms with Gasteiger partial charge in [-0.3, -0.25) is 4.79 Å². The molecule has 0 saturated carbocycles. The lowest BCUT2D eigenvalue weighted by Crippen LogP contribution is -2.15. The molecule has 0 saturated heterocycles. The molecule has 0 fully saturated rings. The van der Waals surface area contributed by atoms with Crippen molar-refractivity contribution >= 4 is 23.2 Å². The van der Waals surface area contributed by atoms with Crippen molar-refractivity contribution in [1.82, 2.24) is 14.8 Å². The van der Waals surface area contributed by atoms with E-state index in [9.17, 15) is 4.79 Å². The van der Waals surface area contributed by atoms with Crippen LogP contribution in [0.5, 0.6) is 0 Å². The van der Waals surface area contributed by atoms with Crippen LogP contribution in [0.3, 0.4) is 0 Å². The summed E-state index contributed by atoms with van der Waals surface area (Å²) >= 11 is 5.97. The maximum absolute atomic E-state index is 11.9. The first-order valence-corrected chi connectivity index (χ1v) is 6.38. The highest BCUT2D eigenvalue weighted by atomic mass is 35.5. The first-order chi connectivity index (χ1) is 9.06. The molecular weight excluding hydrogens is 264 g/mol. The van der Waals surface area contributed by atoms with E-state index in [1.54, 1.807) is 29.2 Å². The van der Waals surface area contributed by atoms with Gasteiger partial charge in [-0.2, -0.15) is 5.10 Å². The highest BCUT2D eigenvalue weighted by Gasteiger charge is 2.11. The fraction of sp³-hybridized carbons (Fsp3) is 0.308. The Bertz CT molecular complexity index is 566. The van der Waals surface area contributed by atoms with Crippen molar-refractivity contribution in [3.05, 3.63) is 35.9 Å². The fourth-order valence-electron chi connectivity index (χ4n) is 1.71. The van der Waals surface area contributed by atoms with Gasteiger partial charge in [-0.25, -0.2) is 9.67 Å². The molecule has 100 valence electrons. The molecule has 0 atom stereocenters. The maximum Gasteiger partial charge on any atom is 0.224 e. The predicted molar refractivity (Wildman–Crippen MR) is 74.5 cm³/mol. The van der Waals surface area contributed by atoms with Crippen molar-refractivity contribution in [2.45, 2.75) is 20.3 Å². The highest BCUT2D eigenvalue weighted by Crippen LogP contribution is 2.24. The number of anilines is 1. The second-order valence-corrected chi connectivity index (χ2v) is 5.08. The van der Waals surface area contributed by atoms with Crippen LogP contribution >= 0.6 is 11.6 Å². The van der Waals surface area contributed by atoms with Gasteiger partial charge < -0.3 is 5.32 Å². The topological polar surface area (TPSA) is 59.8 Å².